The van der Waals surface area contributed by atoms with Crippen molar-refractivity contribution in [2.45, 2.75) is 25.9 Å². The number of anilines is 1. The number of nitrogens with zero attached hydrogens (tertiary/aromatic N) is 2. The van der Waals surface area contributed by atoms with Crippen LogP contribution in [0.2, 0.25) is 0 Å². The summed E-state index contributed by atoms with van der Waals surface area (Å²) in [5.41, 5.74) is 3.05. The first-order valence-electron chi connectivity index (χ1n) is 10.7. The van der Waals surface area contributed by atoms with Crippen molar-refractivity contribution >= 4 is 17.6 Å². The van der Waals surface area contributed by atoms with Gasteiger partial charge in [-0.3, -0.25) is 9.59 Å². The lowest BCUT2D eigenvalue weighted by Gasteiger charge is -2.15. The molecule has 4 rings (SSSR count). The van der Waals surface area contributed by atoms with Gasteiger partial charge in [-0.05, 0) is 42.8 Å². The fourth-order valence-electron chi connectivity index (χ4n) is 3.29. The molecule has 0 radical (unpaired) electrons. The summed E-state index contributed by atoms with van der Waals surface area (Å²) in [4.78, 5) is 29.1. The number of hydrogen-bond donors (Lipinski definition) is 1. The van der Waals surface area contributed by atoms with Crippen LogP contribution in [0.5, 0.6) is 0 Å². The molecule has 1 atom stereocenters. The largest absolute Gasteiger partial charge is 0.453 e. The van der Waals surface area contributed by atoms with Crippen LogP contribution in [0.25, 0.3) is 22.5 Å². The minimum absolute atomic E-state index is 0.0384. The Labute approximate surface area is 195 Å². The van der Waals surface area contributed by atoms with Gasteiger partial charge in [-0.1, -0.05) is 53.7 Å². The minimum Gasteiger partial charge on any atom is -0.453 e. The summed E-state index contributed by atoms with van der Waals surface area (Å²) >= 11 is 0. The monoisotopic (exact) mass is 459 g/mol. The van der Waals surface area contributed by atoms with Gasteiger partial charge in [0.25, 0.3) is 5.91 Å². The van der Waals surface area contributed by atoms with Crippen LogP contribution in [-0.2, 0) is 20.7 Å². The predicted molar refractivity (Wildman–Crippen MR) is 124 cm³/mol. The number of halogens is 1. The second kappa shape index (κ2) is 10.5. The van der Waals surface area contributed by atoms with Crippen LogP contribution in [0.15, 0.2) is 83.4 Å². The third kappa shape index (κ3) is 5.72. The lowest BCUT2D eigenvalue weighted by Crippen LogP contribution is -2.30. The molecule has 3 aromatic carbocycles. The van der Waals surface area contributed by atoms with Crippen molar-refractivity contribution in [3.05, 3.63) is 90.6 Å². The van der Waals surface area contributed by atoms with E-state index in [0.29, 0.717) is 17.1 Å². The minimum atomic E-state index is -0.992. The Morgan fingerprint density at radius 2 is 1.68 bits per heavy atom. The van der Waals surface area contributed by atoms with Crippen LogP contribution >= 0.6 is 0 Å². The van der Waals surface area contributed by atoms with E-state index in [1.54, 1.807) is 6.07 Å². The van der Waals surface area contributed by atoms with E-state index in [1.807, 2.05) is 48.5 Å². The molecule has 8 heteroatoms. The van der Waals surface area contributed by atoms with Crippen molar-refractivity contribution in [2.75, 3.05) is 5.32 Å². The number of ether oxygens (including phenoxy) is 1. The van der Waals surface area contributed by atoms with E-state index in [2.05, 4.69) is 15.5 Å². The van der Waals surface area contributed by atoms with E-state index in [4.69, 9.17) is 9.26 Å². The summed E-state index contributed by atoms with van der Waals surface area (Å²) in [6, 6.07) is 22.8. The number of rotatable bonds is 8. The molecule has 4 aromatic rings. The Morgan fingerprint density at radius 1 is 0.971 bits per heavy atom. The van der Waals surface area contributed by atoms with Gasteiger partial charge in [0.2, 0.25) is 11.7 Å². The van der Waals surface area contributed by atoms with E-state index in [0.717, 1.165) is 11.1 Å². The smallest absolute Gasteiger partial charge is 0.307 e. The highest BCUT2D eigenvalue weighted by molar-refractivity contribution is 5.98. The number of hydrogen-bond acceptors (Lipinski definition) is 6. The Kier molecular flexibility index (Phi) is 7.07. The Hall–Kier alpha value is -4.33. The first-order valence-corrected chi connectivity index (χ1v) is 10.7. The number of esters is 1. The predicted octanol–water partition coefficient (Wildman–Crippen LogP) is 5.05. The van der Waals surface area contributed by atoms with Crippen molar-refractivity contribution < 1.29 is 23.2 Å². The molecule has 0 spiro atoms. The van der Waals surface area contributed by atoms with E-state index >= 15 is 0 Å². The van der Waals surface area contributed by atoms with E-state index < -0.39 is 18.0 Å². The Bertz CT molecular complexity index is 1270. The van der Waals surface area contributed by atoms with E-state index in [1.165, 1.54) is 31.2 Å². The molecule has 7 nitrogen and oxygen atoms in total. The van der Waals surface area contributed by atoms with Gasteiger partial charge in [0, 0.05) is 23.2 Å². The van der Waals surface area contributed by atoms with Gasteiger partial charge in [0.1, 0.15) is 5.82 Å². The molecule has 0 bridgehead atoms. The number of amides is 1. The van der Waals surface area contributed by atoms with Crippen LogP contribution in [0.4, 0.5) is 10.1 Å². The summed E-state index contributed by atoms with van der Waals surface area (Å²) in [5.74, 6) is -0.830. The maximum atomic E-state index is 13.1. The lowest BCUT2D eigenvalue weighted by atomic mass is 10.0. The average molecular weight is 459 g/mol. The fourth-order valence-corrected chi connectivity index (χ4v) is 3.29. The highest BCUT2D eigenvalue weighted by Crippen LogP contribution is 2.27. The second-order valence-corrected chi connectivity index (χ2v) is 7.55. The molecule has 0 fully saturated rings. The van der Waals surface area contributed by atoms with Gasteiger partial charge in [0.05, 0.1) is 6.42 Å². The summed E-state index contributed by atoms with van der Waals surface area (Å²) < 4.78 is 23.5. The number of benzene rings is 3. The third-order valence-electron chi connectivity index (χ3n) is 5.06. The molecule has 1 heterocycles. The molecule has 0 saturated heterocycles. The van der Waals surface area contributed by atoms with Crippen LogP contribution in [0.3, 0.4) is 0 Å². The molecule has 0 aliphatic heterocycles. The number of para-hydroxylation sites is 1. The summed E-state index contributed by atoms with van der Waals surface area (Å²) in [7, 11) is 0. The summed E-state index contributed by atoms with van der Waals surface area (Å²) in [6.45, 7) is 1.51. The molecule has 1 amide bonds. The molecular weight excluding hydrogens is 437 g/mol. The van der Waals surface area contributed by atoms with Crippen LogP contribution in [-0.4, -0.2) is 28.1 Å². The molecule has 34 heavy (non-hydrogen) atoms. The van der Waals surface area contributed by atoms with Crippen molar-refractivity contribution in [2.24, 2.45) is 0 Å². The molecule has 172 valence electrons. The van der Waals surface area contributed by atoms with Gasteiger partial charge >= 0.3 is 5.97 Å². The number of carbonyl (C=O) groups excluding carboxylic acids is 2. The van der Waals surface area contributed by atoms with Gasteiger partial charge < -0.3 is 14.6 Å². The zero-order valence-corrected chi connectivity index (χ0v) is 18.4. The Morgan fingerprint density at radius 3 is 2.44 bits per heavy atom. The SMILES string of the molecule is CC(OC(=O)CCc1nc(-c2ccc(F)cc2)no1)C(=O)Nc1ccccc1-c1ccccc1. The summed E-state index contributed by atoms with van der Waals surface area (Å²) in [5, 5.41) is 6.67. The van der Waals surface area contributed by atoms with E-state index in [-0.39, 0.29) is 24.5 Å². The van der Waals surface area contributed by atoms with Crippen molar-refractivity contribution in [3.8, 4) is 22.5 Å². The van der Waals surface area contributed by atoms with Crippen molar-refractivity contribution in [1.82, 2.24) is 10.1 Å². The van der Waals surface area contributed by atoms with Crippen LogP contribution in [0.1, 0.15) is 19.2 Å². The highest BCUT2D eigenvalue weighted by Gasteiger charge is 2.20. The zero-order valence-electron chi connectivity index (χ0n) is 18.4. The number of aromatic nitrogens is 2. The van der Waals surface area contributed by atoms with Crippen LogP contribution < -0.4 is 5.32 Å². The topological polar surface area (TPSA) is 94.3 Å². The maximum absolute atomic E-state index is 13.1. The van der Waals surface area contributed by atoms with E-state index in [9.17, 15) is 14.0 Å². The molecule has 1 aromatic heterocycles. The van der Waals surface area contributed by atoms with Crippen molar-refractivity contribution in [1.29, 1.82) is 0 Å². The zero-order chi connectivity index (χ0) is 23.9. The first-order chi connectivity index (χ1) is 16.5. The molecular formula is C26H22FN3O4. The van der Waals surface area contributed by atoms with Gasteiger partial charge in [0.15, 0.2) is 6.10 Å². The highest BCUT2D eigenvalue weighted by atomic mass is 19.1. The fraction of sp³-hybridized carbons (Fsp3) is 0.154. The normalized spacial score (nSPS) is 11.6. The lowest BCUT2D eigenvalue weighted by molar-refractivity contribution is -0.153. The number of carbonyl (C=O) groups is 2. The number of aryl methyl sites for hydroxylation is 1. The third-order valence-corrected chi connectivity index (χ3v) is 5.06. The molecule has 0 saturated carbocycles. The maximum Gasteiger partial charge on any atom is 0.307 e. The van der Waals surface area contributed by atoms with Crippen LogP contribution in [0, 0.1) is 5.82 Å². The van der Waals surface area contributed by atoms with Gasteiger partial charge in [-0.15, -0.1) is 0 Å². The molecule has 0 aliphatic rings. The van der Waals surface area contributed by atoms with Gasteiger partial charge in [-0.2, -0.15) is 4.98 Å². The molecule has 1 unspecified atom stereocenters. The quantitative estimate of drug-likeness (QED) is 0.371. The standard InChI is InChI=1S/C26H22FN3O4/c1-17(26(32)28-22-10-6-5-9-21(22)18-7-3-2-4-8-18)33-24(31)16-15-23-29-25(30-34-23)19-11-13-20(27)14-12-19/h2-14,17H,15-16H2,1H3,(H,28,32). The molecule has 1 N–H and O–H groups in total. The Balaban J connectivity index is 1.31. The molecule has 0 aliphatic carbocycles. The second-order valence-electron chi connectivity index (χ2n) is 7.55. The first kappa shape index (κ1) is 22.8. The van der Waals surface area contributed by atoms with Crippen molar-refractivity contribution in [3.63, 3.8) is 0 Å². The number of nitrogens with one attached hydrogen (secondary N) is 1. The summed E-state index contributed by atoms with van der Waals surface area (Å²) in [6.07, 6.45) is -0.879. The van der Waals surface area contributed by atoms with Gasteiger partial charge in [-0.25, -0.2) is 4.39 Å². The average Bonchev–Trinajstić information content (AvgIpc) is 3.33.